The SMILES string of the molecule is CCCNc1nc(C2CCCOC2)nc(COC)c1I. The zero-order valence-electron chi connectivity index (χ0n) is 12.1. The van der Waals surface area contributed by atoms with Gasteiger partial charge in [0.15, 0.2) is 0 Å². The summed E-state index contributed by atoms with van der Waals surface area (Å²) in [6.45, 7) is 5.15. The van der Waals surface area contributed by atoms with Crippen molar-refractivity contribution in [2.24, 2.45) is 0 Å². The first-order valence-electron chi connectivity index (χ1n) is 7.13. The van der Waals surface area contributed by atoms with Crippen molar-refractivity contribution in [1.82, 2.24) is 9.97 Å². The second kappa shape index (κ2) is 8.09. The maximum absolute atomic E-state index is 5.55. The molecule has 1 unspecified atom stereocenters. The van der Waals surface area contributed by atoms with E-state index in [1.165, 1.54) is 0 Å². The predicted octanol–water partition coefficient (Wildman–Crippen LogP) is 2.94. The van der Waals surface area contributed by atoms with E-state index in [1.54, 1.807) is 7.11 Å². The van der Waals surface area contributed by atoms with Crippen LogP contribution in [0.5, 0.6) is 0 Å². The van der Waals surface area contributed by atoms with Crippen LogP contribution < -0.4 is 5.32 Å². The molecule has 1 N–H and O–H groups in total. The Labute approximate surface area is 134 Å². The van der Waals surface area contributed by atoms with E-state index in [0.717, 1.165) is 59.9 Å². The third-order valence-electron chi connectivity index (χ3n) is 3.29. The molecule has 6 heteroatoms. The lowest BCUT2D eigenvalue weighted by molar-refractivity contribution is 0.0778. The smallest absolute Gasteiger partial charge is 0.143 e. The van der Waals surface area contributed by atoms with Gasteiger partial charge in [0.2, 0.25) is 0 Å². The van der Waals surface area contributed by atoms with Crippen LogP contribution in [0.3, 0.4) is 0 Å². The molecule has 1 aliphatic rings. The fraction of sp³-hybridized carbons (Fsp3) is 0.714. The van der Waals surface area contributed by atoms with Gasteiger partial charge in [0, 0.05) is 26.2 Å². The van der Waals surface area contributed by atoms with Gasteiger partial charge in [-0.05, 0) is 41.9 Å². The Morgan fingerprint density at radius 1 is 1.45 bits per heavy atom. The van der Waals surface area contributed by atoms with Crippen LogP contribution in [0.15, 0.2) is 0 Å². The number of ether oxygens (including phenoxy) is 2. The Bertz CT molecular complexity index is 437. The van der Waals surface area contributed by atoms with Crippen molar-refractivity contribution in [2.45, 2.75) is 38.7 Å². The van der Waals surface area contributed by atoms with Gasteiger partial charge in [-0.15, -0.1) is 0 Å². The first kappa shape index (κ1) is 15.9. The van der Waals surface area contributed by atoms with Crippen LogP contribution >= 0.6 is 22.6 Å². The van der Waals surface area contributed by atoms with Crippen molar-refractivity contribution in [3.63, 3.8) is 0 Å². The van der Waals surface area contributed by atoms with Gasteiger partial charge in [-0.1, -0.05) is 6.92 Å². The highest BCUT2D eigenvalue weighted by atomic mass is 127. The molecule has 5 nitrogen and oxygen atoms in total. The Balaban J connectivity index is 2.27. The van der Waals surface area contributed by atoms with E-state index in [2.05, 4.69) is 34.8 Å². The van der Waals surface area contributed by atoms with Crippen molar-refractivity contribution in [1.29, 1.82) is 0 Å². The highest BCUT2D eigenvalue weighted by Gasteiger charge is 2.21. The molecule has 0 aromatic carbocycles. The molecule has 1 atom stereocenters. The normalized spacial score (nSPS) is 19.1. The summed E-state index contributed by atoms with van der Waals surface area (Å²) >= 11 is 2.29. The molecule has 1 aliphatic heterocycles. The van der Waals surface area contributed by atoms with Gasteiger partial charge in [-0.2, -0.15) is 0 Å². The van der Waals surface area contributed by atoms with Crippen LogP contribution in [-0.4, -0.2) is 36.8 Å². The first-order valence-corrected chi connectivity index (χ1v) is 8.21. The van der Waals surface area contributed by atoms with Gasteiger partial charge in [0.25, 0.3) is 0 Å². The molecule has 0 amide bonds. The molecule has 20 heavy (non-hydrogen) atoms. The largest absolute Gasteiger partial charge is 0.381 e. The van der Waals surface area contributed by atoms with Crippen LogP contribution in [0.25, 0.3) is 0 Å². The lowest BCUT2D eigenvalue weighted by Crippen LogP contribution is -2.20. The lowest BCUT2D eigenvalue weighted by Gasteiger charge is -2.22. The molecule has 0 spiro atoms. The van der Waals surface area contributed by atoms with E-state index >= 15 is 0 Å². The van der Waals surface area contributed by atoms with E-state index in [9.17, 15) is 0 Å². The van der Waals surface area contributed by atoms with Crippen LogP contribution in [-0.2, 0) is 16.1 Å². The summed E-state index contributed by atoms with van der Waals surface area (Å²) in [6.07, 6.45) is 3.25. The van der Waals surface area contributed by atoms with Gasteiger partial charge in [-0.25, -0.2) is 9.97 Å². The van der Waals surface area contributed by atoms with Gasteiger partial charge in [0.1, 0.15) is 11.6 Å². The van der Waals surface area contributed by atoms with Gasteiger partial charge >= 0.3 is 0 Å². The summed E-state index contributed by atoms with van der Waals surface area (Å²) in [5.41, 5.74) is 0.960. The number of anilines is 1. The Morgan fingerprint density at radius 2 is 2.30 bits per heavy atom. The topological polar surface area (TPSA) is 56.3 Å². The number of hydrogen-bond donors (Lipinski definition) is 1. The molecule has 2 heterocycles. The highest BCUT2D eigenvalue weighted by Crippen LogP contribution is 2.27. The molecule has 2 rings (SSSR count). The second-order valence-corrected chi connectivity index (χ2v) is 6.04. The maximum Gasteiger partial charge on any atom is 0.143 e. The van der Waals surface area contributed by atoms with Crippen molar-refractivity contribution in [3.05, 3.63) is 15.1 Å². The summed E-state index contributed by atoms with van der Waals surface area (Å²) in [4.78, 5) is 9.40. The molecule has 1 aromatic heterocycles. The van der Waals surface area contributed by atoms with Crippen LogP contribution in [0.1, 0.15) is 43.6 Å². The Hall–Kier alpha value is -0.470. The van der Waals surface area contributed by atoms with Crippen molar-refractivity contribution >= 4 is 28.4 Å². The quantitative estimate of drug-likeness (QED) is 0.756. The molecule has 112 valence electrons. The summed E-state index contributed by atoms with van der Waals surface area (Å²) in [5, 5.41) is 3.39. The first-order chi connectivity index (χ1) is 9.76. The predicted molar refractivity (Wildman–Crippen MR) is 87.0 cm³/mol. The van der Waals surface area contributed by atoms with E-state index in [0.29, 0.717) is 12.5 Å². The van der Waals surface area contributed by atoms with Gasteiger partial charge in [0.05, 0.1) is 22.5 Å². The fourth-order valence-corrected chi connectivity index (χ4v) is 2.82. The van der Waals surface area contributed by atoms with Crippen LogP contribution in [0.4, 0.5) is 5.82 Å². The molecule has 0 radical (unpaired) electrons. The molecule has 0 bridgehead atoms. The monoisotopic (exact) mass is 391 g/mol. The summed E-state index contributed by atoms with van der Waals surface area (Å²) < 4.78 is 11.9. The number of rotatable bonds is 6. The van der Waals surface area contributed by atoms with Gasteiger partial charge < -0.3 is 14.8 Å². The number of nitrogens with zero attached hydrogens (tertiary/aromatic N) is 2. The third kappa shape index (κ3) is 4.02. The Morgan fingerprint density at radius 3 is 2.95 bits per heavy atom. The van der Waals surface area contributed by atoms with Crippen molar-refractivity contribution in [2.75, 3.05) is 32.2 Å². The zero-order chi connectivity index (χ0) is 14.4. The van der Waals surface area contributed by atoms with Crippen molar-refractivity contribution in [3.8, 4) is 0 Å². The lowest BCUT2D eigenvalue weighted by atomic mass is 10.0. The van der Waals surface area contributed by atoms with E-state index in [-0.39, 0.29) is 0 Å². The summed E-state index contributed by atoms with van der Waals surface area (Å²) in [6, 6.07) is 0. The average Bonchev–Trinajstić information content (AvgIpc) is 2.49. The molecule has 0 saturated carbocycles. The van der Waals surface area contributed by atoms with Gasteiger partial charge in [-0.3, -0.25) is 0 Å². The molecular formula is C14H22IN3O2. The number of halogens is 1. The van der Waals surface area contributed by atoms with Crippen molar-refractivity contribution < 1.29 is 9.47 Å². The van der Waals surface area contributed by atoms with Crippen LogP contribution in [0, 0.1) is 3.57 Å². The number of nitrogens with one attached hydrogen (secondary N) is 1. The second-order valence-electron chi connectivity index (χ2n) is 4.96. The van der Waals surface area contributed by atoms with E-state index in [4.69, 9.17) is 19.4 Å². The number of methoxy groups -OCH3 is 1. The summed E-state index contributed by atoms with van der Waals surface area (Å²) in [5.74, 6) is 2.12. The standard InChI is InChI=1S/C14H22IN3O2/c1-3-6-16-14-12(15)11(9-19-2)17-13(18-14)10-5-4-7-20-8-10/h10H,3-9H2,1-2H3,(H,16,17,18). The fourth-order valence-electron chi connectivity index (χ4n) is 2.23. The summed E-state index contributed by atoms with van der Waals surface area (Å²) in [7, 11) is 1.70. The minimum absolute atomic E-state index is 0.304. The minimum atomic E-state index is 0.304. The Kier molecular flexibility index (Phi) is 6.44. The molecule has 1 aromatic rings. The molecule has 1 saturated heterocycles. The number of aromatic nitrogens is 2. The zero-order valence-corrected chi connectivity index (χ0v) is 14.3. The van der Waals surface area contributed by atoms with E-state index < -0.39 is 0 Å². The average molecular weight is 391 g/mol. The molecular weight excluding hydrogens is 369 g/mol. The minimum Gasteiger partial charge on any atom is -0.381 e. The van der Waals surface area contributed by atoms with E-state index in [1.807, 2.05) is 0 Å². The third-order valence-corrected chi connectivity index (χ3v) is 4.42. The maximum atomic E-state index is 5.55. The van der Waals surface area contributed by atoms with Crippen LogP contribution in [0.2, 0.25) is 0 Å². The molecule has 0 aliphatic carbocycles. The number of hydrogen-bond acceptors (Lipinski definition) is 5. The highest BCUT2D eigenvalue weighted by molar-refractivity contribution is 14.1. The molecule has 1 fully saturated rings.